The summed E-state index contributed by atoms with van der Waals surface area (Å²) in [6.45, 7) is 1.23. The van der Waals surface area contributed by atoms with Crippen molar-refractivity contribution in [3.63, 3.8) is 0 Å². The van der Waals surface area contributed by atoms with Crippen LogP contribution in [0.1, 0.15) is 5.56 Å². The number of carbonyl (C=O) groups is 1. The quantitative estimate of drug-likeness (QED) is 0.750. The van der Waals surface area contributed by atoms with Crippen LogP contribution in [0.5, 0.6) is 5.75 Å². The first kappa shape index (κ1) is 17.3. The number of benzene rings is 1. The van der Waals surface area contributed by atoms with Crippen molar-refractivity contribution < 1.29 is 9.53 Å². The third-order valence-electron chi connectivity index (χ3n) is 5.15. The number of hydrogen-bond donors (Lipinski definition) is 1. The molecule has 0 atom stereocenters. The van der Waals surface area contributed by atoms with Crippen molar-refractivity contribution in [1.82, 2.24) is 19.9 Å². The monoisotopic (exact) mass is 365 g/mol. The maximum absolute atomic E-state index is 13.0. The Morgan fingerprint density at radius 3 is 2.85 bits per heavy atom. The smallest absolute Gasteiger partial charge is 0.232 e. The van der Waals surface area contributed by atoms with Crippen molar-refractivity contribution in [1.29, 1.82) is 0 Å². The van der Waals surface area contributed by atoms with Gasteiger partial charge in [-0.15, -0.1) is 0 Å². The second-order valence-electron chi connectivity index (χ2n) is 7.30. The normalized spacial score (nSPS) is 15.4. The summed E-state index contributed by atoms with van der Waals surface area (Å²) in [4.78, 5) is 28.8. The number of rotatable bonds is 5. The molecule has 0 radical (unpaired) electrons. The minimum absolute atomic E-state index is 0.137. The number of aromatic amines is 1. The third kappa shape index (κ3) is 2.99. The largest absolute Gasteiger partial charge is 0.497 e. The Balaban J connectivity index is 1.62. The second-order valence-corrected chi connectivity index (χ2v) is 7.30. The van der Waals surface area contributed by atoms with E-state index >= 15 is 0 Å². The third-order valence-corrected chi connectivity index (χ3v) is 5.15. The molecule has 3 aromatic rings. The Kier molecular flexibility index (Phi) is 4.22. The van der Waals surface area contributed by atoms with E-state index in [-0.39, 0.29) is 5.91 Å². The lowest BCUT2D eigenvalue weighted by Gasteiger charge is -2.50. The van der Waals surface area contributed by atoms with Gasteiger partial charge in [0, 0.05) is 33.4 Å². The van der Waals surface area contributed by atoms with E-state index in [1.165, 1.54) is 0 Å². The van der Waals surface area contributed by atoms with Crippen molar-refractivity contribution in [2.45, 2.75) is 6.42 Å². The van der Waals surface area contributed by atoms with E-state index < -0.39 is 5.41 Å². The summed E-state index contributed by atoms with van der Waals surface area (Å²) >= 11 is 0. The Labute approximate surface area is 158 Å². The molecular weight excluding hydrogens is 342 g/mol. The number of ether oxygens (including phenoxy) is 1. The first-order valence-electron chi connectivity index (χ1n) is 8.90. The van der Waals surface area contributed by atoms with E-state index in [2.05, 4.69) is 19.9 Å². The van der Waals surface area contributed by atoms with Gasteiger partial charge in [-0.3, -0.25) is 4.79 Å². The highest BCUT2D eigenvalue weighted by Gasteiger charge is 2.50. The molecule has 1 saturated heterocycles. The lowest BCUT2D eigenvalue weighted by molar-refractivity contribution is -0.141. The predicted molar refractivity (Wildman–Crippen MR) is 104 cm³/mol. The molecule has 0 spiro atoms. The van der Waals surface area contributed by atoms with Crippen LogP contribution >= 0.6 is 0 Å². The topological polar surface area (TPSA) is 74.3 Å². The van der Waals surface area contributed by atoms with Crippen molar-refractivity contribution in [3.8, 4) is 5.75 Å². The van der Waals surface area contributed by atoms with Crippen LogP contribution in [0.25, 0.3) is 11.0 Å². The number of methoxy groups -OCH3 is 1. The van der Waals surface area contributed by atoms with Gasteiger partial charge in [-0.2, -0.15) is 0 Å². The highest BCUT2D eigenvalue weighted by atomic mass is 16.5. The molecule has 4 rings (SSSR count). The minimum Gasteiger partial charge on any atom is -0.497 e. The molecule has 7 heteroatoms. The van der Waals surface area contributed by atoms with Crippen LogP contribution in [0, 0.1) is 5.41 Å². The Hall–Kier alpha value is -3.09. The van der Waals surface area contributed by atoms with Gasteiger partial charge >= 0.3 is 0 Å². The molecule has 27 heavy (non-hydrogen) atoms. The van der Waals surface area contributed by atoms with E-state index in [0.29, 0.717) is 19.5 Å². The molecule has 140 valence electrons. The van der Waals surface area contributed by atoms with E-state index in [1.54, 1.807) is 18.3 Å². The van der Waals surface area contributed by atoms with E-state index in [9.17, 15) is 4.79 Å². The van der Waals surface area contributed by atoms with Gasteiger partial charge in [-0.25, -0.2) is 9.97 Å². The molecule has 7 nitrogen and oxygen atoms in total. The maximum Gasteiger partial charge on any atom is 0.232 e. The van der Waals surface area contributed by atoms with Gasteiger partial charge in [-0.05, 0) is 30.2 Å². The molecule has 0 aliphatic carbocycles. The van der Waals surface area contributed by atoms with Crippen LogP contribution < -0.4 is 9.64 Å². The Morgan fingerprint density at radius 1 is 1.30 bits per heavy atom. The van der Waals surface area contributed by atoms with Gasteiger partial charge < -0.3 is 19.5 Å². The number of H-pyrrole nitrogens is 1. The Bertz CT molecular complexity index is 975. The average Bonchev–Trinajstić information content (AvgIpc) is 3.13. The van der Waals surface area contributed by atoms with Crippen molar-refractivity contribution in [3.05, 3.63) is 48.4 Å². The van der Waals surface area contributed by atoms with Gasteiger partial charge in [-0.1, -0.05) is 12.1 Å². The summed E-state index contributed by atoms with van der Waals surface area (Å²) in [5, 5.41) is 0. The molecular formula is C20H23N5O2. The number of hydrogen-bond acceptors (Lipinski definition) is 5. The minimum atomic E-state index is -0.472. The lowest BCUT2D eigenvalue weighted by Crippen LogP contribution is -2.64. The zero-order valence-electron chi connectivity index (χ0n) is 15.8. The molecule has 1 aromatic carbocycles. The summed E-state index contributed by atoms with van der Waals surface area (Å²) < 4.78 is 5.33. The highest BCUT2D eigenvalue weighted by molar-refractivity contribution is 5.90. The van der Waals surface area contributed by atoms with E-state index in [4.69, 9.17) is 4.74 Å². The van der Waals surface area contributed by atoms with Crippen molar-refractivity contribution in [2.24, 2.45) is 5.41 Å². The van der Waals surface area contributed by atoms with Gasteiger partial charge in [0.1, 0.15) is 17.6 Å². The SMILES string of the molecule is COc1cccc(CC2(C(=O)N(C)C)CN(c3ncnc4cc[nH]c34)C2)c1. The van der Waals surface area contributed by atoms with Gasteiger partial charge in [0.25, 0.3) is 0 Å². The van der Waals surface area contributed by atoms with E-state index in [1.807, 2.05) is 50.6 Å². The first-order chi connectivity index (χ1) is 13.0. The number of nitrogens with one attached hydrogen (secondary N) is 1. The first-order valence-corrected chi connectivity index (χ1v) is 8.90. The van der Waals surface area contributed by atoms with Crippen LogP contribution in [0.15, 0.2) is 42.9 Å². The fraction of sp³-hybridized carbons (Fsp3) is 0.350. The zero-order valence-corrected chi connectivity index (χ0v) is 15.8. The van der Waals surface area contributed by atoms with Gasteiger partial charge in [0.05, 0.1) is 18.0 Å². The molecule has 2 aromatic heterocycles. The standard InChI is InChI=1S/C20H23N5O2/c1-24(2)19(26)20(10-14-5-4-6-15(9-14)27-3)11-25(12-20)18-17-16(7-8-21-17)22-13-23-18/h4-9,13,21H,10-12H2,1-3H3. The average molecular weight is 365 g/mol. The number of nitrogens with zero attached hydrogens (tertiary/aromatic N) is 4. The number of aromatic nitrogens is 3. The molecule has 1 aliphatic heterocycles. The van der Waals surface area contributed by atoms with Crippen LogP contribution in [-0.4, -0.2) is 60.1 Å². The van der Waals surface area contributed by atoms with Gasteiger partial charge in [0.2, 0.25) is 5.91 Å². The number of carbonyl (C=O) groups excluding carboxylic acids is 1. The van der Waals surface area contributed by atoms with Crippen molar-refractivity contribution in [2.75, 3.05) is 39.2 Å². The van der Waals surface area contributed by atoms with Crippen LogP contribution in [0.2, 0.25) is 0 Å². The number of fused-ring (bicyclic) bond motifs is 1. The molecule has 1 aliphatic rings. The van der Waals surface area contributed by atoms with Gasteiger partial charge in [0.15, 0.2) is 5.82 Å². The fourth-order valence-corrected chi connectivity index (χ4v) is 3.90. The summed E-state index contributed by atoms with van der Waals surface area (Å²) in [6.07, 6.45) is 4.09. The molecule has 0 saturated carbocycles. The van der Waals surface area contributed by atoms with E-state index in [0.717, 1.165) is 28.2 Å². The zero-order chi connectivity index (χ0) is 19.0. The second kappa shape index (κ2) is 6.57. The van der Waals surface area contributed by atoms with Crippen molar-refractivity contribution >= 4 is 22.8 Å². The fourth-order valence-electron chi connectivity index (χ4n) is 3.90. The molecule has 3 heterocycles. The predicted octanol–water partition coefficient (Wildman–Crippen LogP) is 2.10. The molecule has 0 bridgehead atoms. The Morgan fingerprint density at radius 2 is 2.11 bits per heavy atom. The summed E-state index contributed by atoms with van der Waals surface area (Å²) in [7, 11) is 5.28. The van der Waals surface area contributed by atoms with Crippen LogP contribution in [-0.2, 0) is 11.2 Å². The number of amides is 1. The van der Waals surface area contributed by atoms with Crippen LogP contribution in [0.4, 0.5) is 5.82 Å². The summed E-state index contributed by atoms with van der Waals surface area (Å²) in [5.74, 6) is 1.79. The lowest BCUT2D eigenvalue weighted by atomic mass is 9.73. The molecule has 1 amide bonds. The molecule has 0 unspecified atom stereocenters. The number of anilines is 1. The molecule has 1 fully saturated rings. The summed E-state index contributed by atoms with van der Waals surface area (Å²) in [5.41, 5.74) is 2.41. The summed E-state index contributed by atoms with van der Waals surface area (Å²) in [6, 6.07) is 9.85. The maximum atomic E-state index is 13.0. The highest BCUT2D eigenvalue weighted by Crippen LogP contribution is 2.40. The molecule has 1 N–H and O–H groups in total. The van der Waals surface area contributed by atoms with Crippen LogP contribution in [0.3, 0.4) is 0 Å².